The number of nitrogens with zero attached hydrogens (tertiary/aromatic N) is 3. The number of halogens is 2. The van der Waals surface area contributed by atoms with E-state index in [2.05, 4.69) is 20.7 Å². The minimum absolute atomic E-state index is 0.261. The third kappa shape index (κ3) is 4.62. The minimum atomic E-state index is -0.532. The Morgan fingerprint density at radius 3 is 2.71 bits per heavy atom. The van der Waals surface area contributed by atoms with Crippen molar-refractivity contribution in [1.29, 1.82) is 0 Å². The zero-order chi connectivity index (χ0) is 22.0. The SMILES string of the molecule is CC(=O)Nc1ccc(-c2csc(NC(=O)c3cnn(-c4ccccc4Cl)c3)n2)c(F)c1. The van der Waals surface area contributed by atoms with Crippen molar-refractivity contribution in [2.45, 2.75) is 6.92 Å². The molecule has 0 aliphatic heterocycles. The van der Waals surface area contributed by atoms with Gasteiger partial charge >= 0.3 is 0 Å². The highest BCUT2D eigenvalue weighted by atomic mass is 35.5. The van der Waals surface area contributed by atoms with Gasteiger partial charge in [-0.1, -0.05) is 23.7 Å². The van der Waals surface area contributed by atoms with Crippen LogP contribution in [-0.2, 0) is 4.79 Å². The molecule has 0 spiro atoms. The van der Waals surface area contributed by atoms with Gasteiger partial charge in [-0.25, -0.2) is 14.1 Å². The van der Waals surface area contributed by atoms with Gasteiger partial charge < -0.3 is 5.32 Å². The van der Waals surface area contributed by atoms with Crippen molar-refractivity contribution in [3.05, 3.63) is 76.6 Å². The minimum Gasteiger partial charge on any atom is -0.326 e. The fourth-order valence-corrected chi connectivity index (χ4v) is 3.77. The maximum Gasteiger partial charge on any atom is 0.260 e. The third-order valence-electron chi connectivity index (χ3n) is 4.23. The van der Waals surface area contributed by atoms with Crippen LogP contribution in [0, 0.1) is 5.82 Å². The Bertz CT molecular complexity index is 1290. The first kappa shape index (κ1) is 20.7. The zero-order valence-corrected chi connectivity index (χ0v) is 17.7. The topological polar surface area (TPSA) is 88.9 Å². The molecule has 0 saturated heterocycles. The number of carbonyl (C=O) groups is 2. The summed E-state index contributed by atoms with van der Waals surface area (Å²) >= 11 is 7.33. The molecule has 7 nitrogen and oxygen atoms in total. The van der Waals surface area contributed by atoms with Crippen LogP contribution in [0.2, 0.25) is 5.02 Å². The average Bonchev–Trinajstić information content (AvgIpc) is 3.38. The van der Waals surface area contributed by atoms with Crippen LogP contribution in [0.15, 0.2) is 60.2 Å². The molecule has 0 radical (unpaired) electrons. The molecule has 0 bridgehead atoms. The van der Waals surface area contributed by atoms with E-state index in [0.717, 1.165) is 0 Å². The Kier molecular flexibility index (Phi) is 5.79. The van der Waals surface area contributed by atoms with E-state index < -0.39 is 11.7 Å². The summed E-state index contributed by atoms with van der Waals surface area (Å²) in [6.07, 6.45) is 2.99. The molecule has 2 amide bonds. The second-order valence-electron chi connectivity index (χ2n) is 6.49. The molecule has 10 heteroatoms. The van der Waals surface area contributed by atoms with Crippen LogP contribution < -0.4 is 10.6 Å². The molecule has 2 aromatic heterocycles. The number of hydrogen-bond donors (Lipinski definition) is 2. The van der Waals surface area contributed by atoms with Gasteiger partial charge in [0.15, 0.2) is 5.13 Å². The number of anilines is 2. The fourth-order valence-electron chi connectivity index (χ4n) is 2.84. The van der Waals surface area contributed by atoms with E-state index in [9.17, 15) is 14.0 Å². The number of aromatic nitrogens is 3. The summed E-state index contributed by atoms with van der Waals surface area (Å²) < 4.78 is 15.9. The summed E-state index contributed by atoms with van der Waals surface area (Å²) in [4.78, 5) is 28.0. The lowest BCUT2D eigenvalue weighted by Gasteiger charge is -2.05. The summed E-state index contributed by atoms with van der Waals surface area (Å²) in [5.41, 5.74) is 1.96. The zero-order valence-electron chi connectivity index (χ0n) is 16.1. The second kappa shape index (κ2) is 8.66. The van der Waals surface area contributed by atoms with Crippen molar-refractivity contribution in [1.82, 2.24) is 14.8 Å². The van der Waals surface area contributed by atoms with Gasteiger partial charge in [-0.15, -0.1) is 11.3 Å². The Morgan fingerprint density at radius 1 is 1.16 bits per heavy atom. The Balaban J connectivity index is 1.49. The molecular formula is C21H15ClFN5O2S. The molecule has 0 fully saturated rings. The van der Waals surface area contributed by atoms with E-state index in [1.54, 1.807) is 35.8 Å². The van der Waals surface area contributed by atoms with E-state index in [1.807, 2.05) is 6.07 Å². The van der Waals surface area contributed by atoms with Gasteiger partial charge in [-0.3, -0.25) is 14.9 Å². The quantitative estimate of drug-likeness (QED) is 0.443. The van der Waals surface area contributed by atoms with Crippen LogP contribution in [0.25, 0.3) is 16.9 Å². The summed E-state index contributed by atoms with van der Waals surface area (Å²) in [5, 5.41) is 11.8. The van der Waals surface area contributed by atoms with Crippen LogP contribution in [0.1, 0.15) is 17.3 Å². The maximum atomic E-state index is 14.4. The van der Waals surface area contributed by atoms with Crippen molar-refractivity contribution in [2.75, 3.05) is 10.6 Å². The first-order valence-corrected chi connectivity index (χ1v) is 10.3. The molecule has 0 saturated carbocycles. The number of hydrogen-bond acceptors (Lipinski definition) is 5. The fraction of sp³-hybridized carbons (Fsp3) is 0.0476. The van der Waals surface area contributed by atoms with Gasteiger partial charge in [0, 0.05) is 29.8 Å². The highest BCUT2D eigenvalue weighted by Gasteiger charge is 2.15. The molecule has 156 valence electrons. The Morgan fingerprint density at radius 2 is 1.97 bits per heavy atom. The highest BCUT2D eigenvalue weighted by Crippen LogP contribution is 2.29. The molecule has 4 rings (SSSR count). The number of nitrogens with one attached hydrogen (secondary N) is 2. The maximum absolute atomic E-state index is 14.4. The van der Waals surface area contributed by atoms with Crippen molar-refractivity contribution < 1.29 is 14.0 Å². The van der Waals surface area contributed by atoms with Gasteiger partial charge in [0.05, 0.1) is 28.2 Å². The average molecular weight is 456 g/mol. The van der Waals surface area contributed by atoms with Crippen molar-refractivity contribution in [3.63, 3.8) is 0 Å². The summed E-state index contributed by atoms with van der Waals surface area (Å²) in [6, 6.07) is 11.5. The number of para-hydroxylation sites is 1. The number of amides is 2. The number of rotatable bonds is 5. The van der Waals surface area contributed by atoms with Gasteiger partial charge in [0.25, 0.3) is 5.91 Å². The normalized spacial score (nSPS) is 10.7. The van der Waals surface area contributed by atoms with Crippen LogP contribution in [0.4, 0.5) is 15.2 Å². The van der Waals surface area contributed by atoms with Gasteiger partial charge in [-0.05, 0) is 30.3 Å². The van der Waals surface area contributed by atoms with E-state index in [0.29, 0.717) is 32.8 Å². The molecular weight excluding hydrogens is 441 g/mol. The Hall–Kier alpha value is -3.56. The largest absolute Gasteiger partial charge is 0.326 e. The van der Waals surface area contributed by atoms with Crippen molar-refractivity contribution >= 4 is 45.6 Å². The predicted molar refractivity (Wildman–Crippen MR) is 118 cm³/mol. The van der Waals surface area contributed by atoms with Gasteiger partial charge in [-0.2, -0.15) is 5.10 Å². The van der Waals surface area contributed by atoms with Crippen LogP contribution >= 0.6 is 22.9 Å². The smallest absolute Gasteiger partial charge is 0.260 e. The molecule has 31 heavy (non-hydrogen) atoms. The lowest BCUT2D eigenvalue weighted by atomic mass is 10.1. The number of benzene rings is 2. The van der Waals surface area contributed by atoms with Crippen LogP contribution in [0.5, 0.6) is 0 Å². The number of thiazole rings is 1. The van der Waals surface area contributed by atoms with Crippen molar-refractivity contribution in [2.24, 2.45) is 0 Å². The molecule has 2 heterocycles. The molecule has 0 aliphatic carbocycles. The molecule has 2 aromatic carbocycles. The van der Waals surface area contributed by atoms with Crippen molar-refractivity contribution in [3.8, 4) is 16.9 Å². The third-order valence-corrected chi connectivity index (χ3v) is 5.31. The highest BCUT2D eigenvalue weighted by molar-refractivity contribution is 7.14. The molecule has 0 atom stereocenters. The second-order valence-corrected chi connectivity index (χ2v) is 7.76. The monoisotopic (exact) mass is 455 g/mol. The van der Waals surface area contributed by atoms with Gasteiger partial charge in [0.2, 0.25) is 5.91 Å². The summed E-state index contributed by atoms with van der Waals surface area (Å²) in [6.45, 7) is 1.35. The van der Waals surface area contributed by atoms with E-state index >= 15 is 0 Å². The lowest BCUT2D eigenvalue weighted by Crippen LogP contribution is -2.10. The van der Waals surface area contributed by atoms with Gasteiger partial charge in [0.1, 0.15) is 5.82 Å². The molecule has 2 N–H and O–H groups in total. The molecule has 4 aromatic rings. The molecule has 0 unspecified atom stereocenters. The van der Waals surface area contributed by atoms with E-state index in [1.165, 1.54) is 41.3 Å². The number of carbonyl (C=O) groups excluding carboxylic acids is 2. The van der Waals surface area contributed by atoms with Crippen LogP contribution in [-0.4, -0.2) is 26.6 Å². The van der Waals surface area contributed by atoms with Crippen LogP contribution in [0.3, 0.4) is 0 Å². The van der Waals surface area contributed by atoms with E-state index in [4.69, 9.17) is 11.6 Å². The first-order chi connectivity index (χ1) is 14.9. The summed E-state index contributed by atoms with van der Waals surface area (Å²) in [5.74, 6) is -1.22. The first-order valence-electron chi connectivity index (χ1n) is 9.04. The Labute approximate surface area is 185 Å². The lowest BCUT2D eigenvalue weighted by molar-refractivity contribution is -0.114. The predicted octanol–water partition coefficient (Wildman–Crippen LogP) is 5.00. The van der Waals surface area contributed by atoms with E-state index in [-0.39, 0.29) is 11.5 Å². The summed E-state index contributed by atoms with van der Waals surface area (Å²) in [7, 11) is 0. The standard InChI is InChI=1S/C21H15ClFN5O2S/c1-12(29)25-14-6-7-15(17(23)8-14)18-11-31-21(26-18)27-20(30)13-9-24-28(10-13)19-5-3-2-4-16(19)22/h2-11H,1H3,(H,25,29)(H,26,27,30). The molecule has 0 aliphatic rings.